The Morgan fingerprint density at radius 3 is 2.47 bits per heavy atom. The van der Waals surface area contributed by atoms with Gasteiger partial charge in [0.25, 0.3) is 10.0 Å². The van der Waals surface area contributed by atoms with Crippen molar-refractivity contribution in [2.45, 2.75) is 43.7 Å². The Labute approximate surface area is 205 Å². The second-order valence-corrected chi connectivity index (χ2v) is 11.3. The molecule has 1 heterocycles. The zero-order chi connectivity index (χ0) is 24.5. The van der Waals surface area contributed by atoms with Gasteiger partial charge in [-0.15, -0.1) is 0 Å². The lowest BCUT2D eigenvalue weighted by Crippen LogP contribution is -2.45. The highest BCUT2D eigenvalue weighted by Gasteiger charge is 2.36. The van der Waals surface area contributed by atoms with Gasteiger partial charge in [0.15, 0.2) is 0 Å². The van der Waals surface area contributed by atoms with Gasteiger partial charge in [0.05, 0.1) is 21.6 Å². The number of anilines is 1. The topological polar surface area (TPSA) is 75.7 Å². The van der Waals surface area contributed by atoms with Crippen LogP contribution in [0.4, 0.5) is 5.69 Å². The maximum atomic E-state index is 13.5. The number of amides is 1. The lowest BCUT2D eigenvalue weighted by Gasteiger charge is -2.38. The van der Waals surface area contributed by atoms with Crippen LogP contribution in [0.3, 0.4) is 0 Å². The third-order valence-electron chi connectivity index (χ3n) is 5.70. The van der Waals surface area contributed by atoms with Gasteiger partial charge in [-0.1, -0.05) is 54.1 Å². The summed E-state index contributed by atoms with van der Waals surface area (Å²) in [5.41, 5.74) is 1.68. The van der Waals surface area contributed by atoms with Gasteiger partial charge in [-0.2, -0.15) is 0 Å². The van der Waals surface area contributed by atoms with Gasteiger partial charge < -0.3 is 10.1 Å². The van der Waals surface area contributed by atoms with E-state index in [1.165, 1.54) is 12.1 Å². The number of carbonyl (C=O) groups is 1. The summed E-state index contributed by atoms with van der Waals surface area (Å²) in [6, 6.07) is 20.1. The molecule has 0 spiro atoms. The molecule has 1 aliphatic rings. The number of halogens is 1. The summed E-state index contributed by atoms with van der Waals surface area (Å²) in [5.74, 6) is 0.287. The van der Waals surface area contributed by atoms with Crippen molar-refractivity contribution in [2.75, 3.05) is 10.8 Å². The monoisotopic (exact) mass is 498 g/mol. The van der Waals surface area contributed by atoms with Gasteiger partial charge in [0.1, 0.15) is 17.9 Å². The molecule has 4 rings (SSSR count). The third-order valence-corrected chi connectivity index (χ3v) is 7.79. The Hall–Kier alpha value is -3.03. The number of para-hydroxylation sites is 1. The molecule has 8 heteroatoms. The second kappa shape index (κ2) is 9.31. The number of sulfonamides is 1. The molecule has 0 saturated carbocycles. The van der Waals surface area contributed by atoms with Crippen LogP contribution in [-0.4, -0.2) is 26.5 Å². The molecule has 3 aromatic carbocycles. The zero-order valence-electron chi connectivity index (χ0n) is 19.3. The second-order valence-electron chi connectivity index (χ2n) is 9.00. The van der Waals surface area contributed by atoms with E-state index in [9.17, 15) is 13.2 Å². The highest BCUT2D eigenvalue weighted by atomic mass is 35.5. The fourth-order valence-corrected chi connectivity index (χ4v) is 5.88. The molecule has 1 atom stereocenters. The maximum absolute atomic E-state index is 13.5. The molecule has 34 heavy (non-hydrogen) atoms. The van der Waals surface area contributed by atoms with Crippen molar-refractivity contribution >= 4 is 33.2 Å². The Bertz CT molecular complexity index is 1310. The van der Waals surface area contributed by atoms with Gasteiger partial charge in [-0.3, -0.25) is 9.10 Å². The molecule has 0 fully saturated rings. The minimum absolute atomic E-state index is 0.0794. The molecule has 0 aliphatic carbocycles. The van der Waals surface area contributed by atoms with Crippen LogP contribution in [0.5, 0.6) is 5.75 Å². The van der Waals surface area contributed by atoms with Crippen molar-refractivity contribution in [3.63, 3.8) is 0 Å². The molecule has 0 aromatic heterocycles. The standard InChI is InChI=1S/C26H27ClN2O4S/c1-18-13-14-20-22(16-26(2,3)33-24(20)15-18)28-25(30)17-29(23-12-8-7-11-21(23)27)34(31,32)19-9-5-4-6-10-19/h4-15,22H,16-17H2,1-3H3,(H,28,30). The minimum Gasteiger partial charge on any atom is -0.487 e. The van der Waals surface area contributed by atoms with Crippen LogP contribution >= 0.6 is 11.6 Å². The van der Waals surface area contributed by atoms with Crippen molar-refractivity contribution in [1.82, 2.24) is 5.32 Å². The molecule has 3 aromatic rings. The van der Waals surface area contributed by atoms with Crippen molar-refractivity contribution in [1.29, 1.82) is 0 Å². The van der Waals surface area contributed by atoms with Crippen molar-refractivity contribution in [3.8, 4) is 5.75 Å². The number of hydrogen-bond acceptors (Lipinski definition) is 4. The molecule has 1 aliphatic heterocycles. The van der Waals surface area contributed by atoms with Gasteiger partial charge in [0.2, 0.25) is 5.91 Å². The predicted octanol–water partition coefficient (Wildman–Crippen LogP) is 5.26. The predicted molar refractivity (Wildman–Crippen MR) is 134 cm³/mol. The van der Waals surface area contributed by atoms with E-state index >= 15 is 0 Å². The fourth-order valence-electron chi connectivity index (χ4n) is 4.13. The molecule has 1 amide bonds. The van der Waals surface area contributed by atoms with Crippen molar-refractivity contribution in [3.05, 3.63) is 88.9 Å². The van der Waals surface area contributed by atoms with Crippen LogP contribution in [0.15, 0.2) is 77.7 Å². The van der Waals surface area contributed by atoms with E-state index in [2.05, 4.69) is 5.32 Å². The van der Waals surface area contributed by atoms with E-state index in [1.54, 1.807) is 42.5 Å². The van der Waals surface area contributed by atoms with Gasteiger partial charge in [-0.25, -0.2) is 8.42 Å². The molecule has 0 saturated heterocycles. The lowest BCUT2D eigenvalue weighted by atomic mass is 9.89. The van der Waals surface area contributed by atoms with Gasteiger partial charge >= 0.3 is 0 Å². The zero-order valence-corrected chi connectivity index (χ0v) is 20.9. The summed E-state index contributed by atoms with van der Waals surface area (Å²) < 4.78 is 34.2. The van der Waals surface area contributed by atoms with E-state index in [0.29, 0.717) is 6.42 Å². The smallest absolute Gasteiger partial charge is 0.264 e. The van der Waals surface area contributed by atoms with Crippen molar-refractivity contribution in [2.24, 2.45) is 0 Å². The van der Waals surface area contributed by atoms with Crippen LogP contribution < -0.4 is 14.4 Å². The summed E-state index contributed by atoms with van der Waals surface area (Å²) in [4.78, 5) is 13.4. The molecular formula is C26H27ClN2O4S. The fraction of sp³-hybridized carbons (Fsp3) is 0.269. The third kappa shape index (κ3) is 5.05. The highest BCUT2D eigenvalue weighted by molar-refractivity contribution is 7.92. The summed E-state index contributed by atoms with van der Waals surface area (Å²) >= 11 is 6.35. The lowest BCUT2D eigenvalue weighted by molar-refractivity contribution is -0.120. The number of hydrogen-bond donors (Lipinski definition) is 1. The maximum Gasteiger partial charge on any atom is 0.264 e. The molecule has 0 radical (unpaired) electrons. The van der Waals surface area contributed by atoms with Crippen LogP contribution in [0, 0.1) is 6.92 Å². The first-order chi connectivity index (χ1) is 16.1. The van der Waals surface area contributed by atoms with Crippen LogP contribution in [0.25, 0.3) is 0 Å². The molecule has 6 nitrogen and oxygen atoms in total. The summed E-state index contributed by atoms with van der Waals surface area (Å²) in [5, 5.41) is 3.26. The summed E-state index contributed by atoms with van der Waals surface area (Å²) in [6.45, 7) is 5.50. The molecular weight excluding hydrogens is 472 g/mol. The Balaban J connectivity index is 1.66. The van der Waals surface area contributed by atoms with E-state index in [4.69, 9.17) is 16.3 Å². The molecule has 0 bridgehead atoms. The average Bonchev–Trinajstić information content (AvgIpc) is 2.77. The van der Waals surface area contributed by atoms with E-state index in [-0.39, 0.29) is 21.6 Å². The van der Waals surface area contributed by atoms with Gasteiger partial charge in [-0.05, 0) is 56.7 Å². The molecule has 178 valence electrons. The van der Waals surface area contributed by atoms with Crippen LogP contribution in [0.1, 0.15) is 37.4 Å². The number of rotatable bonds is 6. The number of nitrogens with zero attached hydrogens (tertiary/aromatic N) is 1. The van der Waals surface area contributed by atoms with Gasteiger partial charge in [0, 0.05) is 12.0 Å². The number of nitrogens with one attached hydrogen (secondary N) is 1. The van der Waals surface area contributed by atoms with E-state index in [0.717, 1.165) is 21.2 Å². The van der Waals surface area contributed by atoms with Crippen molar-refractivity contribution < 1.29 is 17.9 Å². The molecule has 1 N–H and O–H groups in total. The number of carbonyl (C=O) groups excluding carboxylic acids is 1. The Morgan fingerprint density at radius 2 is 1.76 bits per heavy atom. The number of ether oxygens (including phenoxy) is 1. The number of fused-ring (bicyclic) bond motifs is 1. The normalized spacial score (nSPS) is 16.8. The number of aryl methyl sites for hydroxylation is 1. The largest absolute Gasteiger partial charge is 0.487 e. The van der Waals surface area contributed by atoms with Crippen LogP contribution in [0.2, 0.25) is 5.02 Å². The minimum atomic E-state index is -4.04. The first-order valence-corrected chi connectivity index (χ1v) is 12.8. The van der Waals surface area contributed by atoms with Crippen LogP contribution in [-0.2, 0) is 14.8 Å². The van der Waals surface area contributed by atoms with E-state index < -0.39 is 28.1 Å². The summed E-state index contributed by atoms with van der Waals surface area (Å²) in [6.07, 6.45) is 0.548. The van der Waals surface area contributed by atoms with E-state index in [1.807, 2.05) is 39.0 Å². The highest BCUT2D eigenvalue weighted by Crippen LogP contribution is 2.40. The SMILES string of the molecule is Cc1ccc2c(c1)OC(C)(C)CC2NC(=O)CN(c1ccccc1Cl)S(=O)(=O)c1ccccc1. The molecule has 1 unspecified atom stereocenters. The first-order valence-electron chi connectivity index (χ1n) is 11.0. The first kappa shape index (κ1) is 24.1. The average molecular weight is 499 g/mol. The Kier molecular flexibility index (Phi) is 6.60. The Morgan fingerprint density at radius 1 is 1.09 bits per heavy atom. The number of benzene rings is 3. The quantitative estimate of drug-likeness (QED) is 0.503. The summed E-state index contributed by atoms with van der Waals surface area (Å²) in [7, 11) is -4.04.